The average Bonchev–Trinajstić information content (AvgIpc) is 3.28. The Morgan fingerprint density at radius 3 is 2.54 bits per heavy atom. The lowest BCUT2D eigenvalue weighted by Gasteiger charge is -2.09. The number of benzene rings is 2. The lowest BCUT2D eigenvalue weighted by Crippen LogP contribution is -1.96. The van der Waals surface area contributed by atoms with E-state index in [9.17, 15) is 0 Å². The number of ether oxygens (including phenoxy) is 1. The molecule has 0 amide bonds. The molecule has 8 nitrogen and oxygen atoms in total. The molecule has 0 unspecified atom stereocenters. The van der Waals surface area contributed by atoms with Crippen molar-refractivity contribution in [2.45, 2.75) is 6.92 Å². The van der Waals surface area contributed by atoms with Gasteiger partial charge in [0, 0.05) is 53.1 Å². The van der Waals surface area contributed by atoms with Gasteiger partial charge in [-0.3, -0.25) is 9.97 Å². The van der Waals surface area contributed by atoms with Crippen LogP contribution in [-0.2, 0) is 0 Å². The number of rotatable bonds is 5. The van der Waals surface area contributed by atoms with E-state index in [1.165, 1.54) is 0 Å². The summed E-state index contributed by atoms with van der Waals surface area (Å²) in [5, 5.41) is 4.30. The van der Waals surface area contributed by atoms with Gasteiger partial charge in [0.15, 0.2) is 0 Å². The molecule has 0 atom stereocenters. The predicted molar refractivity (Wildman–Crippen MR) is 138 cm³/mol. The zero-order valence-corrected chi connectivity index (χ0v) is 18.9. The summed E-state index contributed by atoms with van der Waals surface area (Å²) in [5.74, 6) is 2.91. The summed E-state index contributed by atoms with van der Waals surface area (Å²) >= 11 is 0. The van der Waals surface area contributed by atoms with Gasteiger partial charge in [-0.05, 0) is 61.5 Å². The van der Waals surface area contributed by atoms with Crippen LogP contribution in [0.15, 0.2) is 85.3 Å². The van der Waals surface area contributed by atoms with E-state index in [-0.39, 0.29) is 0 Å². The third-order valence-electron chi connectivity index (χ3n) is 5.62. The van der Waals surface area contributed by atoms with Crippen molar-refractivity contribution in [3.8, 4) is 22.9 Å². The molecule has 0 saturated heterocycles. The zero-order valence-electron chi connectivity index (χ0n) is 18.9. The molecule has 6 aromatic rings. The molecule has 0 aliphatic rings. The number of hydrogen-bond donors (Lipinski definition) is 3. The van der Waals surface area contributed by atoms with E-state index in [1.54, 1.807) is 18.6 Å². The van der Waals surface area contributed by atoms with Crippen molar-refractivity contribution >= 4 is 39.1 Å². The average molecular weight is 460 g/mol. The highest BCUT2D eigenvalue weighted by Crippen LogP contribution is 2.29. The van der Waals surface area contributed by atoms with Crippen molar-refractivity contribution in [1.82, 2.24) is 24.9 Å². The summed E-state index contributed by atoms with van der Waals surface area (Å²) in [7, 11) is 0. The second-order valence-electron chi connectivity index (χ2n) is 8.19. The molecular formula is C27H21N7O. The van der Waals surface area contributed by atoms with Gasteiger partial charge in [0.25, 0.3) is 0 Å². The van der Waals surface area contributed by atoms with Crippen LogP contribution in [-0.4, -0.2) is 24.9 Å². The molecule has 4 N–H and O–H groups in total. The number of nitrogens with one attached hydrogen (secondary N) is 2. The van der Waals surface area contributed by atoms with Crippen LogP contribution in [0.4, 0.5) is 17.2 Å². The molecule has 0 saturated carbocycles. The molecule has 0 fully saturated rings. The lowest BCUT2D eigenvalue weighted by molar-refractivity contribution is 0.482. The number of aromatic amines is 1. The first-order valence-corrected chi connectivity index (χ1v) is 11.1. The Hall–Kier alpha value is -4.98. The number of fused-ring (bicyclic) bond motifs is 2. The van der Waals surface area contributed by atoms with Gasteiger partial charge in [-0.25, -0.2) is 9.97 Å². The van der Waals surface area contributed by atoms with Gasteiger partial charge in [0.05, 0.1) is 22.2 Å². The summed E-state index contributed by atoms with van der Waals surface area (Å²) in [5.41, 5.74) is 11.9. The van der Waals surface area contributed by atoms with Crippen LogP contribution in [0.3, 0.4) is 0 Å². The van der Waals surface area contributed by atoms with Crippen LogP contribution in [0.5, 0.6) is 11.5 Å². The van der Waals surface area contributed by atoms with E-state index in [0.717, 1.165) is 56.2 Å². The Kier molecular flexibility index (Phi) is 4.96. The number of nitrogens with zero attached hydrogens (tertiary/aromatic N) is 4. The second-order valence-corrected chi connectivity index (χ2v) is 8.19. The fraction of sp³-hybridized carbons (Fsp3) is 0.0370. The van der Waals surface area contributed by atoms with Gasteiger partial charge in [-0.15, -0.1) is 0 Å². The highest BCUT2D eigenvalue weighted by Gasteiger charge is 2.09. The van der Waals surface area contributed by atoms with Gasteiger partial charge >= 0.3 is 0 Å². The minimum absolute atomic E-state index is 0.686. The fourth-order valence-electron chi connectivity index (χ4n) is 3.93. The number of pyridine rings is 3. The van der Waals surface area contributed by atoms with Crippen LogP contribution in [0, 0.1) is 6.92 Å². The molecule has 0 spiro atoms. The number of nitrogen functional groups attached to an aromatic ring is 1. The molecule has 6 rings (SSSR count). The minimum Gasteiger partial charge on any atom is -0.457 e. The second kappa shape index (κ2) is 8.42. The van der Waals surface area contributed by atoms with Gasteiger partial charge in [0.1, 0.15) is 23.1 Å². The number of imidazole rings is 1. The smallest absolute Gasteiger partial charge is 0.140 e. The first-order chi connectivity index (χ1) is 17.1. The Morgan fingerprint density at radius 2 is 1.69 bits per heavy atom. The summed E-state index contributed by atoms with van der Waals surface area (Å²) in [4.78, 5) is 21.2. The standard InChI is InChI=1S/C27H21N7O/c1-16-12-20(8-10-29-16)35-19-4-6-24-25(14-19)34-27(33-24)17-2-7-26(31-15-17)32-23-9-11-30-22-5-3-18(28)13-21(22)23/h2-15H,28H2,1H3,(H,33,34)(H,30,31,32). The van der Waals surface area contributed by atoms with Crippen LogP contribution >= 0.6 is 0 Å². The molecule has 0 aliphatic carbocycles. The van der Waals surface area contributed by atoms with Crippen LogP contribution in [0.25, 0.3) is 33.3 Å². The Labute approximate surface area is 200 Å². The highest BCUT2D eigenvalue weighted by molar-refractivity contribution is 5.94. The maximum atomic E-state index is 5.97. The molecule has 2 aromatic carbocycles. The maximum Gasteiger partial charge on any atom is 0.140 e. The van der Waals surface area contributed by atoms with Crippen LogP contribution in [0.2, 0.25) is 0 Å². The molecule has 170 valence electrons. The van der Waals surface area contributed by atoms with Crippen molar-refractivity contribution in [3.63, 3.8) is 0 Å². The molecule has 8 heteroatoms. The number of aromatic nitrogens is 5. The van der Waals surface area contributed by atoms with Gasteiger partial charge in [-0.2, -0.15) is 0 Å². The van der Waals surface area contributed by atoms with Crippen molar-refractivity contribution in [3.05, 3.63) is 91.0 Å². The summed E-state index contributed by atoms with van der Waals surface area (Å²) in [6, 6.07) is 21.0. The maximum absolute atomic E-state index is 5.97. The first-order valence-electron chi connectivity index (χ1n) is 11.1. The Balaban J connectivity index is 1.24. The molecule has 0 aliphatic heterocycles. The summed E-state index contributed by atoms with van der Waals surface area (Å²) < 4.78 is 5.97. The van der Waals surface area contributed by atoms with Crippen molar-refractivity contribution in [2.24, 2.45) is 0 Å². The van der Waals surface area contributed by atoms with E-state index < -0.39 is 0 Å². The van der Waals surface area contributed by atoms with E-state index in [0.29, 0.717) is 11.5 Å². The Bertz CT molecular complexity index is 1680. The van der Waals surface area contributed by atoms with Gasteiger partial charge in [-0.1, -0.05) is 0 Å². The minimum atomic E-state index is 0.686. The van der Waals surface area contributed by atoms with E-state index in [2.05, 4.69) is 25.3 Å². The number of nitrogens with two attached hydrogens (primary N) is 1. The molecule has 4 heterocycles. The molecule has 0 bridgehead atoms. The normalized spacial score (nSPS) is 11.1. The van der Waals surface area contributed by atoms with Crippen LogP contribution in [0.1, 0.15) is 5.69 Å². The number of anilines is 3. The molecule has 4 aromatic heterocycles. The Morgan fingerprint density at radius 1 is 0.829 bits per heavy atom. The van der Waals surface area contributed by atoms with E-state index in [1.807, 2.05) is 73.7 Å². The van der Waals surface area contributed by atoms with Crippen LogP contribution < -0.4 is 15.8 Å². The lowest BCUT2D eigenvalue weighted by atomic mass is 10.1. The quantitative estimate of drug-likeness (QED) is 0.271. The number of H-pyrrole nitrogens is 1. The number of hydrogen-bond acceptors (Lipinski definition) is 7. The molecule has 0 radical (unpaired) electrons. The van der Waals surface area contributed by atoms with E-state index in [4.69, 9.17) is 15.5 Å². The fourth-order valence-corrected chi connectivity index (χ4v) is 3.93. The van der Waals surface area contributed by atoms with Gasteiger partial charge in [0.2, 0.25) is 0 Å². The third kappa shape index (κ3) is 4.20. The third-order valence-corrected chi connectivity index (χ3v) is 5.62. The largest absolute Gasteiger partial charge is 0.457 e. The molecule has 35 heavy (non-hydrogen) atoms. The number of aryl methyl sites for hydroxylation is 1. The first kappa shape index (κ1) is 20.6. The summed E-state index contributed by atoms with van der Waals surface area (Å²) in [6.07, 6.45) is 5.28. The molecular weight excluding hydrogens is 438 g/mol. The highest BCUT2D eigenvalue weighted by atomic mass is 16.5. The predicted octanol–water partition coefficient (Wildman–Crippen LogP) is 5.99. The zero-order chi connectivity index (χ0) is 23.8. The van der Waals surface area contributed by atoms with Crippen molar-refractivity contribution in [1.29, 1.82) is 0 Å². The topological polar surface area (TPSA) is 115 Å². The van der Waals surface area contributed by atoms with Crippen molar-refractivity contribution in [2.75, 3.05) is 11.1 Å². The van der Waals surface area contributed by atoms with E-state index >= 15 is 0 Å². The van der Waals surface area contributed by atoms with Gasteiger partial charge < -0.3 is 20.8 Å². The monoisotopic (exact) mass is 459 g/mol. The summed E-state index contributed by atoms with van der Waals surface area (Å²) in [6.45, 7) is 1.93. The van der Waals surface area contributed by atoms with Crippen molar-refractivity contribution < 1.29 is 4.74 Å². The SMILES string of the molecule is Cc1cc(Oc2ccc3nc(-c4ccc(Nc5ccnc6ccc(N)cc56)nc4)[nH]c3c2)ccn1.